The predicted molar refractivity (Wildman–Crippen MR) is 64.6 cm³/mol. The molecule has 0 saturated carbocycles. The first-order valence-corrected chi connectivity index (χ1v) is 5.84. The zero-order chi connectivity index (χ0) is 14.0. The average Bonchev–Trinajstić information content (AvgIpc) is 2.29. The largest absolute Gasteiger partial charge is 0.662 e. The quantitative estimate of drug-likeness (QED) is 0.264. The van der Waals surface area contributed by atoms with Crippen LogP contribution in [0.4, 0.5) is 0 Å². The summed E-state index contributed by atoms with van der Waals surface area (Å²) in [4.78, 5) is 31.8. The molecule has 6 nitrogen and oxygen atoms in total. The summed E-state index contributed by atoms with van der Waals surface area (Å²) < 4.78 is 0. The second-order valence-corrected chi connectivity index (χ2v) is 4.35. The van der Waals surface area contributed by atoms with Gasteiger partial charge in [0, 0.05) is 0 Å². The number of hydroxylamine groups is 2. The Hall–Kier alpha value is -1.66. The van der Waals surface area contributed by atoms with Crippen LogP contribution in [0.5, 0.6) is 0 Å². The molecule has 0 aliphatic carbocycles. The number of hydrogen-bond acceptors (Lipinski definition) is 4. The van der Waals surface area contributed by atoms with Crippen molar-refractivity contribution in [2.75, 3.05) is 0 Å². The molecule has 100 valence electrons. The van der Waals surface area contributed by atoms with E-state index in [0.717, 1.165) is 0 Å². The Labute approximate surface area is 107 Å². The van der Waals surface area contributed by atoms with Crippen molar-refractivity contribution < 1.29 is 30.2 Å². The van der Waals surface area contributed by atoms with Crippen LogP contribution in [-0.2, 0) is 19.3 Å². The molecule has 0 aromatic rings. The molecule has 4 N–H and O–H groups in total. The van der Waals surface area contributed by atoms with Crippen LogP contribution in [0.3, 0.4) is 0 Å². The van der Waals surface area contributed by atoms with E-state index in [1.54, 1.807) is 0 Å². The van der Waals surface area contributed by atoms with E-state index in [1.807, 2.05) is 27.7 Å². The minimum Gasteiger partial charge on any atom is -0.0844 e. The number of carbonyl (C=O) groups is 2. The molecular formula is C12H22N2O4+4. The van der Waals surface area contributed by atoms with Gasteiger partial charge in [-0.25, -0.2) is 0 Å². The lowest BCUT2D eigenvalue weighted by atomic mass is 10.4. The van der Waals surface area contributed by atoms with E-state index < -0.39 is 11.9 Å². The molecule has 0 aliphatic heterocycles. The third-order valence-corrected chi connectivity index (χ3v) is 1.49. The molecule has 0 aliphatic rings. The van der Waals surface area contributed by atoms with Gasteiger partial charge in [-0.3, -0.25) is 0 Å². The first kappa shape index (κ1) is 16.3. The summed E-state index contributed by atoms with van der Waals surface area (Å²) in [7, 11) is 0. The Morgan fingerprint density at radius 3 is 1.44 bits per heavy atom. The Bertz CT molecular complexity index is 290. The summed E-state index contributed by atoms with van der Waals surface area (Å²) in [5.41, 5.74) is 2.89. The Morgan fingerprint density at radius 1 is 0.833 bits per heavy atom. The van der Waals surface area contributed by atoms with Crippen LogP contribution in [-0.4, -0.2) is 24.0 Å². The van der Waals surface area contributed by atoms with Gasteiger partial charge < -0.3 is 0 Å². The fraction of sp³-hybridized carbons (Fsp3) is 0.500. The van der Waals surface area contributed by atoms with Crippen LogP contribution >= 0.6 is 0 Å². The van der Waals surface area contributed by atoms with Crippen LogP contribution in [0.15, 0.2) is 24.3 Å². The highest BCUT2D eigenvalue weighted by molar-refractivity contribution is 5.83. The molecular weight excluding hydrogens is 236 g/mol. The second-order valence-electron chi connectivity index (χ2n) is 4.35. The number of allylic oxidation sites excluding steroid dienone is 2. The lowest BCUT2D eigenvalue weighted by Gasteiger charge is -1.91. The van der Waals surface area contributed by atoms with Crippen molar-refractivity contribution >= 4 is 11.9 Å². The number of quaternary nitrogens is 2. The molecule has 0 saturated heterocycles. The molecule has 18 heavy (non-hydrogen) atoms. The highest BCUT2D eigenvalue weighted by Gasteiger charge is 2.18. The third-order valence-electron chi connectivity index (χ3n) is 1.49. The van der Waals surface area contributed by atoms with Crippen molar-refractivity contribution in [3.63, 3.8) is 0 Å². The van der Waals surface area contributed by atoms with Crippen LogP contribution in [0.1, 0.15) is 27.7 Å². The number of nitrogens with two attached hydrogens (primary N) is 2. The molecule has 0 heterocycles. The fourth-order valence-electron chi connectivity index (χ4n) is 0.753. The first-order valence-electron chi connectivity index (χ1n) is 5.84. The first-order chi connectivity index (χ1) is 8.41. The molecule has 0 aromatic carbocycles. The van der Waals surface area contributed by atoms with Gasteiger partial charge in [0.15, 0.2) is 0 Å². The van der Waals surface area contributed by atoms with Crippen molar-refractivity contribution in [2.24, 2.45) is 0 Å². The summed E-state index contributed by atoms with van der Waals surface area (Å²) in [6.45, 7) is 7.60. The molecule has 2 radical (unpaired) electrons. The average molecular weight is 258 g/mol. The zero-order valence-corrected chi connectivity index (χ0v) is 11.3. The van der Waals surface area contributed by atoms with Gasteiger partial charge in [0.05, 0.1) is 9.59 Å². The summed E-state index contributed by atoms with van der Waals surface area (Å²) in [6.07, 6.45) is 5.31. The molecule has 0 unspecified atom stereocenters. The van der Waals surface area contributed by atoms with Crippen LogP contribution in [0.25, 0.3) is 0 Å². The monoisotopic (exact) mass is 258 g/mol. The Balaban J connectivity index is 3.85. The number of hydrogen-bond donors (Lipinski definition) is 2. The summed E-state index contributed by atoms with van der Waals surface area (Å²) >= 11 is 0. The third kappa shape index (κ3) is 10.8. The van der Waals surface area contributed by atoms with Crippen molar-refractivity contribution in [3.05, 3.63) is 24.3 Å². The van der Waals surface area contributed by atoms with E-state index in [9.17, 15) is 9.59 Å². The molecule has 6 heteroatoms. The number of carbonyl (C=O) groups excluding carboxylic acids is 2. The van der Waals surface area contributed by atoms with Crippen LogP contribution in [0.2, 0.25) is 0 Å². The minimum absolute atomic E-state index is 0.180. The minimum atomic E-state index is -0.476. The summed E-state index contributed by atoms with van der Waals surface area (Å²) in [5.74, 6) is -0.953. The van der Waals surface area contributed by atoms with Gasteiger partial charge in [0.25, 0.3) is 0 Å². The van der Waals surface area contributed by atoms with Gasteiger partial charge in [-0.1, -0.05) is 20.6 Å². The molecule has 0 atom stereocenters. The van der Waals surface area contributed by atoms with Crippen molar-refractivity contribution in [1.29, 1.82) is 0 Å². The topological polar surface area (TPSA) is 91.5 Å². The molecule has 0 aromatic heterocycles. The maximum Gasteiger partial charge on any atom is 0.662 e. The lowest BCUT2D eigenvalue weighted by Crippen LogP contribution is -2.88. The van der Waals surface area contributed by atoms with E-state index in [2.05, 4.69) is 0 Å². The predicted octanol–water partition coefficient (Wildman–Crippen LogP) is -1.04. The molecule has 0 bridgehead atoms. The lowest BCUT2D eigenvalue weighted by molar-refractivity contribution is -0.891. The van der Waals surface area contributed by atoms with Crippen molar-refractivity contribution in [3.8, 4) is 0 Å². The van der Waals surface area contributed by atoms with Gasteiger partial charge >= 0.3 is 11.9 Å². The van der Waals surface area contributed by atoms with Gasteiger partial charge in [-0.15, -0.1) is 0 Å². The van der Waals surface area contributed by atoms with Crippen LogP contribution < -0.4 is 11.0 Å². The van der Waals surface area contributed by atoms with E-state index in [-0.39, 0.29) is 12.1 Å². The highest BCUT2D eigenvalue weighted by Crippen LogP contribution is 1.81. The Kier molecular flexibility index (Phi) is 8.51. The zero-order valence-electron chi connectivity index (χ0n) is 11.3. The van der Waals surface area contributed by atoms with Crippen molar-refractivity contribution in [1.82, 2.24) is 0 Å². The molecule has 0 amide bonds. The molecule has 0 spiro atoms. The molecule has 0 rings (SSSR count). The van der Waals surface area contributed by atoms with E-state index in [1.165, 1.54) is 35.3 Å². The Morgan fingerprint density at radius 2 is 1.17 bits per heavy atom. The smallest absolute Gasteiger partial charge is 0.0844 e. The SMILES string of the molecule is CC(C)[NH2+]OC(=[O+])/C=C/C=C/C(=[O+])O[NH2+]C(C)C. The van der Waals surface area contributed by atoms with Gasteiger partial charge in [0.1, 0.15) is 24.2 Å². The maximum atomic E-state index is 11.1. The summed E-state index contributed by atoms with van der Waals surface area (Å²) in [5, 5.41) is 0. The molecule has 0 fully saturated rings. The van der Waals surface area contributed by atoms with Gasteiger partial charge in [0.2, 0.25) is 0 Å². The second kappa shape index (κ2) is 9.38. The number of rotatable bonds is 7. The van der Waals surface area contributed by atoms with Gasteiger partial charge in [-0.05, 0) is 39.8 Å². The standard InChI is InChI=1S/C12H20N2O4/c1-9(2)13-17-11(15)7-5-6-8-12(16)18-14-10(3)4/h5-10,13-14H,1-4H3/q+2/p+2/b7-5+,8-6+. The highest BCUT2D eigenvalue weighted by atomic mass is 16.7. The van der Waals surface area contributed by atoms with E-state index in [0.29, 0.717) is 0 Å². The summed E-state index contributed by atoms with van der Waals surface area (Å²) in [6, 6.07) is 0.360. The van der Waals surface area contributed by atoms with E-state index in [4.69, 9.17) is 9.68 Å². The fourth-order valence-corrected chi connectivity index (χ4v) is 0.753. The van der Waals surface area contributed by atoms with Gasteiger partial charge in [-0.2, -0.15) is 0 Å². The van der Waals surface area contributed by atoms with Crippen molar-refractivity contribution in [2.45, 2.75) is 39.8 Å². The maximum absolute atomic E-state index is 11.1. The normalized spacial score (nSPS) is 11.7. The van der Waals surface area contributed by atoms with E-state index >= 15 is 0 Å². The van der Waals surface area contributed by atoms with Crippen LogP contribution in [0, 0.1) is 0 Å².